The lowest BCUT2D eigenvalue weighted by Gasteiger charge is -2.11. The Bertz CT molecular complexity index is 916. The molecule has 0 amide bonds. The molecule has 4 heteroatoms. The van der Waals surface area contributed by atoms with Gasteiger partial charge in [-0.15, -0.1) is 11.3 Å². The molecule has 2 aromatic rings. The number of hydrogen-bond acceptors (Lipinski definition) is 3. The molecule has 2 nitrogen and oxygen atoms in total. The third-order valence-corrected chi connectivity index (χ3v) is 7.15. The largest absolute Gasteiger partial charge is 0.386 e. The van der Waals surface area contributed by atoms with Gasteiger partial charge >= 0.3 is 0 Å². The molecule has 0 aliphatic heterocycles. The van der Waals surface area contributed by atoms with Crippen LogP contribution in [0.4, 0.5) is 4.39 Å². The fourth-order valence-electron chi connectivity index (χ4n) is 4.35. The van der Waals surface area contributed by atoms with Gasteiger partial charge in [-0.2, -0.15) is 0 Å². The van der Waals surface area contributed by atoms with Gasteiger partial charge in [-0.05, 0) is 57.2 Å². The zero-order valence-corrected chi connectivity index (χ0v) is 23.7. The van der Waals surface area contributed by atoms with Crippen molar-refractivity contribution in [1.29, 1.82) is 0 Å². The van der Waals surface area contributed by atoms with Gasteiger partial charge in [0.25, 0.3) is 0 Å². The minimum absolute atomic E-state index is 0.230. The molecule has 1 heterocycles. The van der Waals surface area contributed by atoms with Crippen molar-refractivity contribution < 1.29 is 4.39 Å². The number of nitrogens with one attached hydrogen (secondary N) is 1. The standard InChI is InChI=1S/C21H26FNS.C8H15N.C2H6/c1-5-10-15(4)20-19(17-13-8-9-14-18(17)22)23-21(24-20)16(11-6-2)12-7-3;1-7(2)9-8-5-3-4-6-8;1-2/h5,8-10,13-14,16H,4,6-7,11-12H2,1-3H3;8-9H,1,3-6H2,2H3;1-2H3/b10-5-;;. The van der Waals surface area contributed by atoms with E-state index in [1.54, 1.807) is 23.5 Å². The Hall–Kier alpha value is -2.20. The Morgan fingerprint density at radius 2 is 1.74 bits per heavy atom. The molecule has 1 aliphatic rings. The van der Waals surface area contributed by atoms with Crippen LogP contribution in [0.2, 0.25) is 0 Å². The summed E-state index contributed by atoms with van der Waals surface area (Å²) in [5.74, 6) is 0.217. The summed E-state index contributed by atoms with van der Waals surface area (Å²) in [4.78, 5) is 5.84. The predicted molar refractivity (Wildman–Crippen MR) is 155 cm³/mol. The van der Waals surface area contributed by atoms with Crippen LogP contribution >= 0.6 is 11.3 Å². The van der Waals surface area contributed by atoms with Gasteiger partial charge in [0.15, 0.2) is 0 Å². The summed E-state index contributed by atoms with van der Waals surface area (Å²) in [5.41, 5.74) is 3.30. The van der Waals surface area contributed by atoms with E-state index in [4.69, 9.17) is 4.98 Å². The fraction of sp³-hybridized carbons (Fsp3) is 0.516. The first kappa shape index (κ1) is 30.8. The Labute approximate surface area is 218 Å². The molecule has 1 aromatic heterocycles. The molecule has 0 unspecified atom stereocenters. The van der Waals surface area contributed by atoms with E-state index in [0.29, 0.717) is 11.5 Å². The highest BCUT2D eigenvalue weighted by atomic mass is 32.1. The SMILES string of the molecule is C=C(/C=C\C)c1sc(C(CCC)CCC)nc1-c1ccccc1F.C=C(C)NC1CCCC1.CC. The van der Waals surface area contributed by atoms with Crippen molar-refractivity contribution in [1.82, 2.24) is 10.3 Å². The molecular formula is C31H47FN2S. The average molecular weight is 499 g/mol. The molecule has 3 rings (SSSR count). The van der Waals surface area contributed by atoms with Crippen LogP contribution in [0.3, 0.4) is 0 Å². The van der Waals surface area contributed by atoms with E-state index in [-0.39, 0.29) is 5.82 Å². The summed E-state index contributed by atoms with van der Waals surface area (Å²) in [6.07, 6.45) is 13.9. The van der Waals surface area contributed by atoms with Crippen molar-refractivity contribution in [3.05, 3.63) is 71.0 Å². The first-order chi connectivity index (χ1) is 16.9. The van der Waals surface area contributed by atoms with Gasteiger partial charge < -0.3 is 5.32 Å². The van der Waals surface area contributed by atoms with Gasteiger partial charge in [-0.3, -0.25) is 0 Å². The zero-order chi connectivity index (χ0) is 26.2. The molecule has 0 bridgehead atoms. The van der Waals surface area contributed by atoms with Crippen LogP contribution in [0.5, 0.6) is 0 Å². The maximum Gasteiger partial charge on any atom is 0.132 e. The molecule has 0 radical (unpaired) electrons. The molecule has 0 spiro atoms. The summed E-state index contributed by atoms with van der Waals surface area (Å²) in [5, 5.41) is 4.46. The van der Waals surface area contributed by atoms with Crippen LogP contribution in [-0.4, -0.2) is 11.0 Å². The van der Waals surface area contributed by atoms with Crippen molar-refractivity contribution >= 4 is 16.9 Å². The number of rotatable bonds is 10. The molecule has 0 atom stereocenters. The lowest BCUT2D eigenvalue weighted by atomic mass is 9.99. The lowest BCUT2D eigenvalue weighted by molar-refractivity contribution is 0.558. The Morgan fingerprint density at radius 1 is 1.14 bits per heavy atom. The normalized spacial score (nSPS) is 13.3. The van der Waals surface area contributed by atoms with Crippen molar-refractivity contribution in [3.8, 4) is 11.3 Å². The minimum Gasteiger partial charge on any atom is -0.386 e. The minimum atomic E-state index is -0.230. The van der Waals surface area contributed by atoms with Gasteiger partial charge in [0.1, 0.15) is 5.82 Å². The number of thiazole rings is 1. The van der Waals surface area contributed by atoms with E-state index in [9.17, 15) is 4.39 Å². The van der Waals surface area contributed by atoms with Gasteiger partial charge in [-0.1, -0.05) is 90.8 Å². The maximum absolute atomic E-state index is 14.3. The molecule has 1 aliphatic carbocycles. The highest BCUT2D eigenvalue weighted by Crippen LogP contribution is 2.39. The molecular weight excluding hydrogens is 451 g/mol. The van der Waals surface area contributed by atoms with Crippen LogP contribution < -0.4 is 5.32 Å². The van der Waals surface area contributed by atoms with Crippen LogP contribution in [0.15, 0.2) is 55.3 Å². The quantitative estimate of drug-likeness (QED) is 0.329. The number of nitrogens with zero attached hydrogens (tertiary/aromatic N) is 1. The molecule has 1 N–H and O–H groups in total. The monoisotopic (exact) mass is 498 g/mol. The second-order valence-electron chi connectivity index (χ2n) is 8.92. The van der Waals surface area contributed by atoms with Crippen LogP contribution in [0.25, 0.3) is 16.8 Å². The smallest absolute Gasteiger partial charge is 0.132 e. The maximum atomic E-state index is 14.3. The van der Waals surface area contributed by atoms with Crippen LogP contribution in [-0.2, 0) is 0 Å². The Kier molecular flexibility index (Phi) is 15.2. The Balaban J connectivity index is 0.000000464. The number of allylic oxidation sites excluding steroid dienone is 4. The van der Waals surface area contributed by atoms with Crippen molar-refractivity contribution in [3.63, 3.8) is 0 Å². The molecule has 0 saturated heterocycles. The summed E-state index contributed by atoms with van der Waals surface area (Å²) < 4.78 is 14.3. The summed E-state index contributed by atoms with van der Waals surface area (Å²) in [7, 11) is 0. The molecule has 35 heavy (non-hydrogen) atoms. The second kappa shape index (κ2) is 17.3. The first-order valence-electron chi connectivity index (χ1n) is 13.4. The lowest BCUT2D eigenvalue weighted by Crippen LogP contribution is -2.23. The van der Waals surface area contributed by atoms with E-state index in [0.717, 1.165) is 58.6 Å². The number of aromatic nitrogens is 1. The summed E-state index contributed by atoms with van der Waals surface area (Å²) >= 11 is 1.67. The second-order valence-corrected chi connectivity index (χ2v) is 9.95. The summed E-state index contributed by atoms with van der Waals surface area (Å²) in [6.45, 7) is 20.4. The molecule has 1 aromatic carbocycles. The van der Waals surface area contributed by atoms with Gasteiger partial charge in [0.2, 0.25) is 0 Å². The van der Waals surface area contributed by atoms with E-state index in [1.165, 1.54) is 31.7 Å². The number of benzene rings is 1. The van der Waals surface area contributed by atoms with Gasteiger partial charge in [-0.25, -0.2) is 9.37 Å². The summed E-state index contributed by atoms with van der Waals surface area (Å²) in [6, 6.07) is 7.60. The van der Waals surface area contributed by atoms with Crippen LogP contribution in [0.1, 0.15) is 109 Å². The fourth-order valence-corrected chi connectivity index (χ4v) is 5.55. The number of halogens is 1. The van der Waals surface area contributed by atoms with E-state index < -0.39 is 0 Å². The average Bonchev–Trinajstić information content (AvgIpc) is 3.51. The van der Waals surface area contributed by atoms with Gasteiger partial charge in [0, 0.05) is 23.2 Å². The third-order valence-electron chi connectivity index (χ3n) is 5.86. The van der Waals surface area contributed by atoms with Crippen molar-refractivity contribution in [2.45, 2.75) is 105 Å². The topological polar surface area (TPSA) is 24.9 Å². The van der Waals surface area contributed by atoms with Crippen LogP contribution in [0, 0.1) is 5.82 Å². The predicted octanol–water partition coefficient (Wildman–Crippen LogP) is 10.3. The van der Waals surface area contributed by atoms with Crippen molar-refractivity contribution in [2.24, 2.45) is 0 Å². The van der Waals surface area contributed by atoms with Crippen molar-refractivity contribution in [2.75, 3.05) is 0 Å². The third kappa shape index (κ3) is 10.1. The molecule has 1 saturated carbocycles. The van der Waals surface area contributed by atoms with Gasteiger partial charge in [0.05, 0.1) is 15.6 Å². The Morgan fingerprint density at radius 3 is 2.26 bits per heavy atom. The molecule has 194 valence electrons. The highest BCUT2D eigenvalue weighted by molar-refractivity contribution is 7.13. The van der Waals surface area contributed by atoms with E-state index >= 15 is 0 Å². The highest BCUT2D eigenvalue weighted by Gasteiger charge is 2.21. The zero-order valence-electron chi connectivity index (χ0n) is 22.9. The van der Waals surface area contributed by atoms with E-state index in [2.05, 4.69) is 32.3 Å². The number of hydrogen-bond donors (Lipinski definition) is 1. The molecule has 1 fully saturated rings. The van der Waals surface area contributed by atoms with E-state index in [1.807, 2.05) is 45.9 Å². The first-order valence-corrected chi connectivity index (χ1v) is 14.2.